The van der Waals surface area contributed by atoms with E-state index in [1.807, 2.05) is 38.1 Å². The number of carbonyl (C=O) groups excluding carboxylic acids is 1. The van der Waals surface area contributed by atoms with Crippen molar-refractivity contribution in [2.24, 2.45) is 0 Å². The minimum Gasteiger partial charge on any atom is -0.497 e. The molecule has 8 heteroatoms. The quantitative estimate of drug-likeness (QED) is 0.746. The molecule has 0 saturated carbocycles. The molecule has 0 aliphatic carbocycles. The van der Waals surface area contributed by atoms with Gasteiger partial charge < -0.3 is 9.47 Å². The molecule has 8 nitrogen and oxygen atoms in total. The van der Waals surface area contributed by atoms with E-state index in [1.165, 1.54) is 0 Å². The summed E-state index contributed by atoms with van der Waals surface area (Å²) in [7, 11) is 1.59. The first-order chi connectivity index (χ1) is 11.6. The van der Waals surface area contributed by atoms with E-state index in [-0.39, 0.29) is 18.0 Å². The van der Waals surface area contributed by atoms with Gasteiger partial charge in [-0.15, -0.1) is 0 Å². The Kier molecular flexibility index (Phi) is 4.28. The van der Waals surface area contributed by atoms with E-state index >= 15 is 0 Å². The van der Waals surface area contributed by atoms with Crippen LogP contribution in [-0.2, 0) is 0 Å². The van der Waals surface area contributed by atoms with E-state index in [4.69, 9.17) is 9.47 Å². The summed E-state index contributed by atoms with van der Waals surface area (Å²) in [6, 6.07) is 9.20. The number of H-pyrrole nitrogens is 1. The Hall–Kier alpha value is -3.16. The molecule has 0 saturated heterocycles. The SMILES string of the molecule is COc1ccc2ccc(C(=O)Nc3nnn[nH]3)c(OC(C)C)c2c1. The lowest BCUT2D eigenvalue weighted by molar-refractivity contribution is 0.102. The zero-order valence-corrected chi connectivity index (χ0v) is 13.5. The number of rotatable bonds is 5. The summed E-state index contributed by atoms with van der Waals surface area (Å²) in [6.07, 6.45) is -0.0969. The maximum atomic E-state index is 12.6. The highest BCUT2D eigenvalue weighted by Crippen LogP contribution is 2.33. The van der Waals surface area contributed by atoms with Crippen molar-refractivity contribution >= 4 is 22.6 Å². The molecule has 0 fully saturated rings. The molecule has 0 spiro atoms. The van der Waals surface area contributed by atoms with Crippen molar-refractivity contribution < 1.29 is 14.3 Å². The van der Waals surface area contributed by atoms with Crippen molar-refractivity contribution in [2.75, 3.05) is 12.4 Å². The molecule has 0 aliphatic heterocycles. The zero-order chi connectivity index (χ0) is 17.1. The Bertz CT molecular complexity index is 862. The highest BCUT2D eigenvalue weighted by molar-refractivity contribution is 6.09. The summed E-state index contributed by atoms with van der Waals surface area (Å²) in [4.78, 5) is 12.6. The van der Waals surface area contributed by atoms with E-state index in [2.05, 4.69) is 25.9 Å². The van der Waals surface area contributed by atoms with Gasteiger partial charge in [0, 0.05) is 5.39 Å². The lowest BCUT2D eigenvalue weighted by atomic mass is 10.0. The van der Waals surface area contributed by atoms with Gasteiger partial charge >= 0.3 is 0 Å². The molecule has 1 aromatic heterocycles. The molecule has 1 heterocycles. The van der Waals surface area contributed by atoms with Crippen LogP contribution in [-0.4, -0.2) is 39.7 Å². The minimum absolute atomic E-state index is 0.0969. The van der Waals surface area contributed by atoms with Gasteiger partial charge in [0.1, 0.15) is 11.5 Å². The summed E-state index contributed by atoms with van der Waals surface area (Å²) in [5.41, 5.74) is 0.390. The third-order valence-electron chi connectivity index (χ3n) is 3.35. The number of hydrogen-bond donors (Lipinski definition) is 2. The second kappa shape index (κ2) is 6.53. The summed E-state index contributed by atoms with van der Waals surface area (Å²) in [5.74, 6) is 0.981. The first-order valence-corrected chi connectivity index (χ1v) is 7.41. The summed E-state index contributed by atoms with van der Waals surface area (Å²) >= 11 is 0. The van der Waals surface area contributed by atoms with E-state index in [9.17, 15) is 4.79 Å². The largest absolute Gasteiger partial charge is 0.497 e. The lowest BCUT2D eigenvalue weighted by Crippen LogP contribution is -2.16. The van der Waals surface area contributed by atoms with Crippen LogP contribution in [0.4, 0.5) is 5.95 Å². The molecular weight excluding hydrogens is 310 g/mol. The smallest absolute Gasteiger partial charge is 0.261 e. The number of aromatic amines is 1. The van der Waals surface area contributed by atoms with Crippen molar-refractivity contribution in [1.29, 1.82) is 0 Å². The third-order valence-corrected chi connectivity index (χ3v) is 3.35. The number of anilines is 1. The van der Waals surface area contributed by atoms with Crippen LogP contribution < -0.4 is 14.8 Å². The van der Waals surface area contributed by atoms with E-state index in [1.54, 1.807) is 13.2 Å². The topological polar surface area (TPSA) is 102 Å². The van der Waals surface area contributed by atoms with Crippen LogP contribution in [0.25, 0.3) is 10.8 Å². The van der Waals surface area contributed by atoms with Gasteiger partial charge in [-0.1, -0.05) is 17.2 Å². The van der Waals surface area contributed by atoms with Crippen molar-refractivity contribution in [3.8, 4) is 11.5 Å². The molecule has 0 unspecified atom stereocenters. The molecule has 2 aromatic carbocycles. The Morgan fingerprint density at radius 2 is 2.04 bits per heavy atom. The van der Waals surface area contributed by atoms with Gasteiger partial charge in [0.25, 0.3) is 5.91 Å². The number of hydrogen-bond acceptors (Lipinski definition) is 6. The van der Waals surface area contributed by atoms with Crippen LogP contribution >= 0.6 is 0 Å². The minimum atomic E-state index is -0.367. The molecule has 1 amide bonds. The lowest BCUT2D eigenvalue weighted by Gasteiger charge is -2.17. The van der Waals surface area contributed by atoms with Crippen molar-refractivity contribution in [3.05, 3.63) is 35.9 Å². The second-order valence-electron chi connectivity index (χ2n) is 5.40. The first kappa shape index (κ1) is 15.7. The highest BCUT2D eigenvalue weighted by atomic mass is 16.5. The average molecular weight is 327 g/mol. The first-order valence-electron chi connectivity index (χ1n) is 7.41. The molecule has 0 bridgehead atoms. The fourth-order valence-electron chi connectivity index (χ4n) is 2.33. The third kappa shape index (κ3) is 3.12. The van der Waals surface area contributed by atoms with Crippen LogP contribution in [0, 0.1) is 0 Å². The summed E-state index contributed by atoms with van der Waals surface area (Å²) in [6.45, 7) is 3.81. The van der Waals surface area contributed by atoms with Crippen LogP contribution in [0.15, 0.2) is 30.3 Å². The Morgan fingerprint density at radius 1 is 1.25 bits per heavy atom. The fourth-order valence-corrected chi connectivity index (χ4v) is 2.33. The van der Waals surface area contributed by atoms with Crippen LogP contribution in [0.3, 0.4) is 0 Å². The van der Waals surface area contributed by atoms with Gasteiger partial charge in [0.2, 0.25) is 5.95 Å². The van der Waals surface area contributed by atoms with Crippen LogP contribution in [0.5, 0.6) is 11.5 Å². The van der Waals surface area contributed by atoms with Gasteiger partial charge in [-0.05, 0) is 47.9 Å². The Balaban J connectivity index is 2.09. The number of methoxy groups -OCH3 is 1. The summed E-state index contributed by atoms with van der Waals surface area (Å²) in [5, 5.41) is 17.3. The molecule has 2 N–H and O–H groups in total. The Labute approximate surface area is 138 Å². The average Bonchev–Trinajstić information content (AvgIpc) is 3.07. The van der Waals surface area contributed by atoms with Crippen LogP contribution in [0.2, 0.25) is 0 Å². The molecular formula is C16H17N5O3. The monoisotopic (exact) mass is 327 g/mol. The standard InChI is InChI=1S/C16H17N5O3/c1-9(2)24-14-12(15(22)17-16-18-20-21-19-16)7-5-10-4-6-11(23-3)8-13(10)14/h4-9H,1-3H3,(H2,17,18,19,20,21,22). The molecule has 24 heavy (non-hydrogen) atoms. The van der Waals surface area contributed by atoms with Crippen molar-refractivity contribution in [2.45, 2.75) is 20.0 Å². The molecule has 0 aliphatic rings. The van der Waals surface area contributed by atoms with Crippen molar-refractivity contribution in [1.82, 2.24) is 20.6 Å². The molecule has 3 rings (SSSR count). The van der Waals surface area contributed by atoms with E-state index in [0.717, 1.165) is 10.8 Å². The highest BCUT2D eigenvalue weighted by Gasteiger charge is 2.18. The maximum absolute atomic E-state index is 12.6. The van der Waals surface area contributed by atoms with Gasteiger partial charge in [-0.3, -0.25) is 10.1 Å². The zero-order valence-electron chi connectivity index (χ0n) is 13.5. The maximum Gasteiger partial charge on any atom is 0.261 e. The fraction of sp³-hybridized carbons (Fsp3) is 0.250. The number of carbonyl (C=O) groups is 1. The van der Waals surface area contributed by atoms with Gasteiger partial charge in [0.05, 0.1) is 18.8 Å². The number of benzene rings is 2. The number of nitrogens with zero attached hydrogens (tertiary/aromatic N) is 3. The van der Waals surface area contributed by atoms with E-state index in [0.29, 0.717) is 17.1 Å². The van der Waals surface area contributed by atoms with Crippen molar-refractivity contribution in [3.63, 3.8) is 0 Å². The number of fused-ring (bicyclic) bond motifs is 1. The predicted molar refractivity (Wildman–Crippen MR) is 88.4 cm³/mol. The number of tetrazole rings is 1. The number of aromatic nitrogens is 4. The number of ether oxygens (including phenoxy) is 2. The number of amides is 1. The van der Waals surface area contributed by atoms with Crippen LogP contribution in [0.1, 0.15) is 24.2 Å². The normalized spacial score (nSPS) is 10.8. The van der Waals surface area contributed by atoms with Gasteiger partial charge in [-0.2, -0.15) is 0 Å². The summed E-state index contributed by atoms with van der Waals surface area (Å²) < 4.78 is 11.2. The van der Waals surface area contributed by atoms with E-state index < -0.39 is 0 Å². The Morgan fingerprint density at radius 3 is 2.71 bits per heavy atom. The molecule has 0 radical (unpaired) electrons. The molecule has 0 atom stereocenters. The second-order valence-corrected chi connectivity index (χ2v) is 5.40. The van der Waals surface area contributed by atoms with Gasteiger partial charge in [0.15, 0.2) is 0 Å². The molecule has 124 valence electrons. The number of nitrogens with one attached hydrogen (secondary N) is 2. The molecule has 3 aromatic rings. The van der Waals surface area contributed by atoms with Gasteiger partial charge in [-0.25, -0.2) is 5.10 Å². The predicted octanol–water partition coefficient (Wildman–Crippen LogP) is 2.40.